The van der Waals surface area contributed by atoms with Gasteiger partial charge in [0.2, 0.25) is 10.0 Å². The van der Waals surface area contributed by atoms with E-state index in [9.17, 15) is 21.6 Å². The van der Waals surface area contributed by atoms with E-state index in [1.165, 1.54) is 0 Å². The zero-order chi connectivity index (χ0) is 19.9. The van der Waals surface area contributed by atoms with Crippen LogP contribution >= 0.6 is 23.2 Å². The molecule has 1 aliphatic rings. The third kappa shape index (κ3) is 4.49. The van der Waals surface area contributed by atoms with Gasteiger partial charge in [0.25, 0.3) is 0 Å². The summed E-state index contributed by atoms with van der Waals surface area (Å²) in [6, 6.07) is 8.76. The molecule has 0 bridgehead atoms. The van der Waals surface area contributed by atoms with Gasteiger partial charge in [-0.05, 0) is 42.0 Å². The van der Waals surface area contributed by atoms with Crippen molar-refractivity contribution in [3.63, 3.8) is 0 Å². The second kappa shape index (κ2) is 7.14. The van der Waals surface area contributed by atoms with Crippen LogP contribution in [0.25, 0.3) is 0 Å². The average molecular weight is 441 g/mol. The minimum Gasteiger partial charge on any atom is -0.406 e. The second-order valence-corrected chi connectivity index (χ2v) is 8.44. The van der Waals surface area contributed by atoms with Crippen LogP contribution in [-0.4, -0.2) is 27.9 Å². The molecule has 0 amide bonds. The highest BCUT2D eigenvalue weighted by molar-refractivity contribution is 7.89. The van der Waals surface area contributed by atoms with E-state index >= 15 is 0 Å². The van der Waals surface area contributed by atoms with Gasteiger partial charge < -0.3 is 10.1 Å². The van der Waals surface area contributed by atoms with Crippen molar-refractivity contribution in [3.05, 3.63) is 58.1 Å². The Morgan fingerprint density at radius 1 is 1.04 bits per heavy atom. The van der Waals surface area contributed by atoms with Crippen molar-refractivity contribution in [1.82, 2.24) is 10.0 Å². The third-order valence-electron chi connectivity index (χ3n) is 4.02. The lowest BCUT2D eigenvalue weighted by Gasteiger charge is -2.43. The van der Waals surface area contributed by atoms with E-state index in [0.717, 1.165) is 24.3 Å². The molecule has 2 aromatic carbocycles. The summed E-state index contributed by atoms with van der Waals surface area (Å²) in [7, 11) is -4.01. The number of rotatable bonds is 5. The van der Waals surface area contributed by atoms with Crippen LogP contribution in [-0.2, 0) is 15.6 Å². The summed E-state index contributed by atoms with van der Waals surface area (Å²) >= 11 is 11.9. The smallest absolute Gasteiger partial charge is 0.406 e. The molecule has 27 heavy (non-hydrogen) atoms. The van der Waals surface area contributed by atoms with Crippen molar-refractivity contribution in [3.8, 4) is 5.75 Å². The van der Waals surface area contributed by atoms with Crippen molar-refractivity contribution < 1.29 is 26.3 Å². The highest BCUT2D eigenvalue weighted by Crippen LogP contribution is 2.33. The molecule has 0 aromatic heterocycles. The number of benzene rings is 2. The number of sulfonamides is 1. The Labute approximate surface area is 163 Å². The van der Waals surface area contributed by atoms with Gasteiger partial charge in [0.05, 0.1) is 20.5 Å². The van der Waals surface area contributed by atoms with Crippen LogP contribution in [0.2, 0.25) is 10.0 Å². The minimum absolute atomic E-state index is 0.191. The molecule has 1 saturated heterocycles. The van der Waals surface area contributed by atoms with Gasteiger partial charge in [-0.3, -0.25) is 0 Å². The van der Waals surface area contributed by atoms with Gasteiger partial charge in [0.1, 0.15) is 5.75 Å². The first kappa shape index (κ1) is 20.2. The van der Waals surface area contributed by atoms with Crippen LogP contribution in [0.1, 0.15) is 5.56 Å². The Hall–Kier alpha value is -1.52. The number of halogens is 5. The fourth-order valence-electron chi connectivity index (χ4n) is 2.64. The number of hydrogen-bond donors (Lipinski definition) is 2. The van der Waals surface area contributed by atoms with Crippen molar-refractivity contribution >= 4 is 33.2 Å². The maximum atomic E-state index is 12.7. The predicted octanol–water partition coefficient (Wildman–Crippen LogP) is 3.67. The van der Waals surface area contributed by atoms with Crippen molar-refractivity contribution in [1.29, 1.82) is 0 Å². The van der Waals surface area contributed by atoms with Crippen molar-refractivity contribution in [2.24, 2.45) is 0 Å². The molecule has 2 aromatic rings. The summed E-state index contributed by atoms with van der Waals surface area (Å²) in [5, 5.41) is 3.62. The summed E-state index contributed by atoms with van der Waals surface area (Å²) in [5.74, 6) is -0.508. The standard InChI is InChI=1S/C16H13Cl2F3N2O3S/c17-13-6-1-10(7-14(13)18)15(8-22-9-15)23-27(24,25)12-4-2-11(3-5-12)26-16(19,20)21/h1-7,22-23H,8-9H2. The molecule has 3 rings (SSSR count). The van der Waals surface area contributed by atoms with E-state index < -0.39 is 27.7 Å². The van der Waals surface area contributed by atoms with E-state index in [0.29, 0.717) is 23.7 Å². The Morgan fingerprint density at radius 3 is 2.15 bits per heavy atom. The summed E-state index contributed by atoms with van der Waals surface area (Å²) in [5.41, 5.74) is -0.315. The van der Waals surface area contributed by atoms with Crippen LogP contribution in [0.15, 0.2) is 47.4 Å². The van der Waals surface area contributed by atoms with Gasteiger partial charge in [-0.2, -0.15) is 4.72 Å². The highest BCUT2D eigenvalue weighted by atomic mass is 35.5. The number of hydrogen-bond acceptors (Lipinski definition) is 4. The summed E-state index contributed by atoms with van der Waals surface area (Å²) in [6.45, 7) is 0.638. The summed E-state index contributed by atoms with van der Waals surface area (Å²) < 4.78 is 68.4. The third-order valence-corrected chi connectivity index (χ3v) is 6.31. The SMILES string of the molecule is O=S(=O)(NC1(c2ccc(Cl)c(Cl)c2)CNC1)c1ccc(OC(F)(F)F)cc1. The minimum atomic E-state index is -4.85. The lowest BCUT2D eigenvalue weighted by molar-refractivity contribution is -0.274. The van der Waals surface area contributed by atoms with Gasteiger partial charge in [0.15, 0.2) is 0 Å². The van der Waals surface area contributed by atoms with Crippen LogP contribution in [0.4, 0.5) is 13.2 Å². The zero-order valence-corrected chi connectivity index (χ0v) is 15.8. The maximum absolute atomic E-state index is 12.7. The van der Waals surface area contributed by atoms with Crippen LogP contribution in [0.5, 0.6) is 5.75 Å². The Morgan fingerprint density at radius 2 is 1.67 bits per heavy atom. The highest BCUT2D eigenvalue weighted by Gasteiger charge is 2.42. The lowest BCUT2D eigenvalue weighted by Crippen LogP contribution is -2.66. The molecule has 5 nitrogen and oxygen atoms in total. The summed E-state index contributed by atoms with van der Waals surface area (Å²) in [6.07, 6.45) is -4.85. The van der Waals surface area contributed by atoms with Gasteiger partial charge in [-0.25, -0.2) is 8.42 Å². The molecular formula is C16H13Cl2F3N2O3S. The molecule has 1 heterocycles. The van der Waals surface area contributed by atoms with E-state index in [1.54, 1.807) is 18.2 Å². The quantitative estimate of drug-likeness (QED) is 0.744. The van der Waals surface area contributed by atoms with Gasteiger partial charge in [-0.1, -0.05) is 29.3 Å². The topological polar surface area (TPSA) is 67.4 Å². The molecule has 0 spiro atoms. The molecule has 0 atom stereocenters. The Bertz CT molecular complexity index is 946. The number of ether oxygens (including phenoxy) is 1. The molecule has 0 radical (unpaired) electrons. The van der Waals surface area contributed by atoms with Gasteiger partial charge >= 0.3 is 6.36 Å². The largest absolute Gasteiger partial charge is 0.573 e. The Balaban J connectivity index is 1.85. The first-order valence-electron chi connectivity index (χ1n) is 7.57. The van der Waals surface area contributed by atoms with Crippen LogP contribution in [0, 0.1) is 0 Å². The first-order valence-corrected chi connectivity index (χ1v) is 9.81. The average Bonchev–Trinajstić information content (AvgIpc) is 2.53. The van der Waals surface area contributed by atoms with E-state index in [4.69, 9.17) is 23.2 Å². The van der Waals surface area contributed by atoms with Crippen LogP contribution < -0.4 is 14.8 Å². The molecule has 11 heteroatoms. The summed E-state index contributed by atoms with van der Waals surface area (Å²) in [4.78, 5) is -0.191. The number of alkyl halides is 3. The molecular weight excluding hydrogens is 428 g/mol. The lowest BCUT2D eigenvalue weighted by atomic mass is 9.85. The first-order chi connectivity index (χ1) is 12.5. The molecule has 0 unspecified atom stereocenters. The molecule has 1 aliphatic heterocycles. The van der Waals surface area contributed by atoms with Crippen molar-refractivity contribution in [2.75, 3.05) is 13.1 Å². The molecule has 146 valence electrons. The molecule has 1 fully saturated rings. The predicted molar refractivity (Wildman–Crippen MR) is 94.5 cm³/mol. The monoisotopic (exact) mass is 440 g/mol. The van der Waals surface area contributed by atoms with E-state index in [2.05, 4.69) is 14.8 Å². The zero-order valence-electron chi connectivity index (χ0n) is 13.5. The normalized spacial score (nSPS) is 16.6. The Kier molecular flexibility index (Phi) is 5.35. The fraction of sp³-hybridized carbons (Fsp3) is 0.250. The van der Waals surface area contributed by atoms with Gasteiger partial charge in [0, 0.05) is 13.1 Å². The molecule has 2 N–H and O–H groups in total. The van der Waals surface area contributed by atoms with Crippen molar-refractivity contribution in [2.45, 2.75) is 16.8 Å². The number of nitrogens with one attached hydrogen (secondary N) is 2. The fourth-order valence-corrected chi connectivity index (χ4v) is 4.33. The second-order valence-electron chi connectivity index (χ2n) is 5.94. The van der Waals surface area contributed by atoms with E-state index in [-0.39, 0.29) is 9.92 Å². The maximum Gasteiger partial charge on any atom is 0.573 e. The molecule has 0 saturated carbocycles. The van der Waals surface area contributed by atoms with E-state index in [1.807, 2.05) is 0 Å². The van der Waals surface area contributed by atoms with Crippen LogP contribution in [0.3, 0.4) is 0 Å². The van der Waals surface area contributed by atoms with Gasteiger partial charge in [-0.15, -0.1) is 13.2 Å². The molecule has 0 aliphatic carbocycles.